The lowest BCUT2D eigenvalue weighted by atomic mass is 10.1. The van der Waals surface area contributed by atoms with Crippen LogP contribution in [-0.4, -0.2) is 9.78 Å². The van der Waals surface area contributed by atoms with E-state index in [4.69, 9.17) is 4.74 Å². The number of rotatable bonds is 3. The van der Waals surface area contributed by atoms with Crippen molar-refractivity contribution in [2.45, 2.75) is 19.8 Å². The second-order valence-corrected chi connectivity index (χ2v) is 4.28. The van der Waals surface area contributed by atoms with Crippen LogP contribution >= 0.6 is 0 Å². The van der Waals surface area contributed by atoms with Gasteiger partial charge in [0.05, 0.1) is 25.5 Å². The molecule has 0 unspecified atom stereocenters. The normalized spacial score (nSPS) is 13.7. The van der Waals surface area contributed by atoms with Gasteiger partial charge in [0, 0.05) is 18.9 Å². The summed E-state index contributed by atoms with van der Waals surface area (Å²) in [5, 5.41) is 7.54. The molecule has 0 bridgehead atoms. The van der Waals surface area contributed by atoms with E-state index in [2.05, 4.69) is 28.6 Å². The molecule has 88 valence electrons. The topological polar surface area (TPSA) is 39.1 Å². The number of anilines is 1. The molecule has 4 nitrogen and oxygen atoms in total. The van der Waals surface area contributed by atoms with E-state index in [9.17, 15) is 0 Å². The van der Waals surface area contributed by atoms with Gasteiger partial charge in [-0.15, -0.1) is 0 Å². The summed E-state index contributed by atoms with van der Waals surface area (Å²) in [6, 6.07) is 8.42. The van der Waals surface area contributed by atoms with Crippen LogP contribution in [0.25, 0.3) is 0 Å². The molecule has 0 amide bonds. The number of aromatic nitrogens is 2. The number of fused-ring (bicyclic) bond motifs is 1. The van der Waals surface area contributed by atoms with Gasteiger partial charge in [-0.1, -0.05) is 6.07 Å². The smallest absolute Gasteiger partial charge is 0.0725 e. The Balaban J connectivity index is 1.72. The van der Waals surface area contributed by atoms with Gasteiger partial charge in [-0.25, -0.2) is 0 Å². The molecule has 1 aromatic carbocycles. The summed E-state index contributed by atoms with van der Waals surface area (Å²) in [6.45, 7) is 2.27. The van der Waals surface area contributed by atoms with Gasteiger partial charge < -0.3 is 10.1 Å². The number of aryl methyl sites for hydroxylation is 1. The first-order valence-corrected chi connectivity index (χ1v) is 5.73. The highest BCUT2D eigenvalue weighted by molar-refractivity contribution is 5.49. The first-order valence-electron chi connectivity index (χ1n) is 5.73. The van der Waals surface area contributed by atoms with Crippen molar-refractivity contribution in [3.8, 4) is 0 Å². The van der Waals surface area contributed by atoms with Gasteiger partial charge in [0.25, 0.3) is 0 Å². The molecule has 1 aliphatic rings. The van der Waals surface area contributed by atoms with Gasteiger partial charge in [-0.3, -0.25) is 4.68 Å². The summed E-state index contributed by atoms with van der Waals surface area (Å²) >= 11 is 0. The zero-order chi connectivity index (χ0) is 11.7. The molecule has 0 atom stereocenters. The molecule has 0 aliphatic carbocycles. The van der Waals surface area contributed by atoms with Crippen LogP contribution in [0.3, 0.4) is 0 Å². The third-order valence-corrected chi connectivity index (χ3v) is 3.12. The molecule has 4 heteroatoms. The van der Waals surface area contributed by atoms with Crippen molar-refractivity contribution in [2.24, 2.45) is 7.05 Å². The molecular weight excluding hydrogens is 214 g/mol. The molecule has 0 spiro atoms. The standard InChI is InChI=1S/C13H15N3O/c1-16-13(4-5-15-16)7-14-12-3-2-10-8-17-9-11(10)6-12/h2-6,14H,7-9H2,1H3. The van der Waals surface area contributed by atoms with E-state index in [0.717, 1.165) is 25.4 Å². The van der Waals surface area contributed by atoms with Crippen molar-refractivity contribution in [1.82, 2.24) is 9.78 Å². The van der Waals surface area contributed by atoms with Crippen LogP contribution in [0.4, 0.5) is 5.69 Å². The third-order valence-electron chi connectivity index (χ3n) is 3.12. The highest BCUT2D eigenvalue weighted by atomic mass is 16.5. The maximum absolute atomic E-state index is 5.40. The quantitative estimate of drug-likeness (QED) is 0.875. The largest absolute Gasteiger partial charge is 0.379 e. The molecule has 0 fully saturated rings. The lowest BCUT2D eigenvalue weighted by Crippen LogP contribution is -2.05. The minimum absolute atomic E-state index is 0.733. The Bertz CT molecular complexity index is 533. The Morgan fingerprint density at radius 2 is 2.18 bits per heavy atom. The zero-order valence-electron chi connectivity index (χ0n) is 9.81. The summed E-state index contributed by atoms with van der Waals surface area (Å²) < 4.78 is 7.28. The Labute approximate surface area is 100 Å². The highest BCUT2D eigenvalue weighted by Crippen LogP contribution is 2.23. The van der Waals surface area contributed by atoms with Crippen molar-refractivity contribution in [1.29, 1.82) is 0 Å². The van der Waals surface area contributed by atoms with Crippen LogP contribution in [0.5, 0.6) is 0 Å². The molecule has 0 radical (unpaired) electrons. The van der Waals surface area contributed by atoms with Crippen molar-refractivity contribution < 1.29 is 4.74 Å². The lowest BCUT2D eigenvalue weighted by Gasteiger charge is -2.08. The summed E-state index contributed by atoms with van der Waals surface area (Å²) in [5.41, 5.74) is 4.90. The van der Waals surface area contributed by atoms with Gasteiger partial charge in [0.15, 0.2) is 0 Å². The molecule has 3 rings (SSSR count). The zero-order valence-corrected chi connectivity index (χ0v) is 9.81. The first kappa shape index (κ1) is 10.4. The van der Waals surface area contributed by atoms with E-state index in [1.54, 1.807) is 0 Å². The number of nitrogens with zero attached hydrogens (tertiary/aromatic N) is 2. The lowest BCUT2D eigenvalue weighted by molar-refractivity contribution is 0.134. The van der Waals surface area contributed by atoms with Gasteiger partial charge in [0.1, 0.15) is 0 Å². The number of ether oxygens (including phenoxy) is 1. The minimum atomic E-state index is 0.733. The van der Waals surface area contributed by atoms with Crippen LogP contribution in [0.2, 0.25) is 0 Å². The van der Waals surface area contributed by atoms with E-state index in [1.165, 1.54) is 16.8 Å². The van der Waals surface area contributed by atoms with E-state index in [0.29, 0.717) is 0 Å². The molecule has 2 heterocycles. The monoisotopic (exact) mass is 229 g/mol. The van der Waals surface area contributed by atoms with Gasteiger partial charge in [0.2, 0.25) is 0 Å². The number of hydrogen-bond donors (Lipinski definition) is 1. The van der Waals surface area contributed by atoms with Gasteiger partial charge in [-0.05, 0) is 29.3 Å². The molecule has 1 aliphatic heterocycles. The Hall–Kier alpha value is -1.81. The Morgan fingerprint density at radius 1 is 1.29 bits per heavy atom. The summed E-state index contributed by atoms with van der Waals surface area (Å²) in [6.07, 6.45) is 1.81. The Morgan fingerprint density at radius 3 is 3.00 bits per heavy atom. The van der Waals surface area contributed by atoms with Crippen molar-refractivity contribution >= 4 is 5.69 Å². The number of nitrogens with one attached hydrogen (secondary N) is 1. The summed E-state index contributed by atoms with van der Waals surface area (Å²) in [4.78, 5) is 0. The summed E-state index contributed by atoms with van der Waals surface area (Å²) in [5.74, 6) is 0. The fraction of sp³-hybridized carbons (Fsp3) is 0.308. The maximum Gasteiger partial charge on any atom is 0.0725 e. The molecule has 1 aromatic heterocycles. The Kier molecular flexibility index (Phi) is 2.57. The maximum atomic E-state index is 5.40. The predicted octanol–water partition coefficient (Wildman–Crippen LogP) is 2.06. The van der Waals surface area contributed by atoms with Gasteiger partial charge in [-0.2, -0.15) is 5.10 Å². The van der Waals surface area contributed by atoms with Crippen LogP contribution in [0.1, 0.15) is 16.8 Å². The summed E-state index contributed by atoms with van der Waals surface area (Å²) in [7, 11) is 1.95. The van der Waals surface area contributed by atoms with Crippen molar-refractivity contribution in [2.75, 3.05) is 5.32 Å². The molecule has 17 heavy (non-hydrogen) atoms. The first-order chi connectivity index (χ1) is 8.33. The van der Waals surface area contributed by atoms with Crippen LogP contribution in [-0.2, 0) is 31.5 Å². The molecule has 2 aromatic rings. The third kappa shape index (κ3) is 2.03. The minimum Gasteiger partial charge on any atom is -0.379 e. The van der Waals surface area contributed by atoms with E-state index in [1.807, 2.05) is 24.0 Å². The molecule has 0 saturated carbocycles. The molecule has 0 saturated heterocycles. The van der Waals surface area contributed by atoms with Crippen LogP contribution in [0.15, 0.2) is 30.5 Å². The number of hydrogen-bond acceptors (Lipinski definition) is 3. The predicted molar refractivity (Wildman–Crippen MR) is 65.5 cm³/mol. The average Bonchev–Trinajstić information content (AvgIpc) is 2.94. The second-order valence-electron chi connectivity index (χ2n) is 4.28. The average molecular weight is 229 g/mol. The van der Waals surface area contributed by atoms with Crippen LogP contribution < -0.4 is 5.32 Å². The fourth-order valence-electron chi connectivity index (χ4n) is 2.05. The highest BCUT2D eigenvalue weighted by Gasteiger charge is 2.11. The molecular formula is C13H15N3O. The van der Waals surface area contributed by atoms with Crippen molar-refractivity contribution in [3.63, 3.8) is 0 Å². The second kappa shape index (κ2) is 4.22. The van der Waals surface area contributed by atoms with E-state index >= 15 is 0 Å². The SMILES string of the molecule is Cn1nccc1CNc1ccc2c(c1)COC2. The fourth-order valence-corrected chi connectivity index (χ4v) is 2.05. The van der Waals surface area contributed by atoms with E-state index < -0.39 is 0 Å². The van der Waals surface area contributed by atoms with Crippen molar-refractivity contribution in [3.05, 3.63) is 47.3 Å². The van der Waals surface area contributed by atoms with Crippen LogP contribution in [0, 0.1) is 0 Å². The van der Waals surface area contributed by atoms with E-state index in [-0.39, 0.29) is 0 Å². The number of benzene rings is 1. The van der Waals surface area contributed by atoms with Gasteiger partial charge >= 0.3 is 0 Å². The molecule has 1 N–H and O–H groups in total.